The number of hydrogen-bond acceptors (Lipinski definition) is 4. The molecule has 2 unspecified atom stereocenters. The molecule has 34 heavy (non-hydrogen) atoms. The molecule has 0 radical (unpaired) electrons. The highest BCUT2D eigenvalue weighted by Crippen LogP contribution is 2.35. The lowest BCUT2D eigenvalue weighted by molar-refractivity contribution is -0.142. The second kappa shape index (κ2) is 9.57. The lowest BCUT2D eigenvalue weighted by atomic mass is 9.85. The zero-order chi connectivity index (χ0) is 23.7. The Hall–Kier alpha value is -3.22. The molecule has 0 saturated carbocycles. The number of fused-ring (bicyclic) bond motifs is 1. The third-order valence-corrected chi connectivity index (χ3v) is 6.97. The van der Waals surface area contributed by atoms with Crippen LogP contribution in [0.25, 0.3) is 11.3 Å². The number of amides is 2. The van der Waals surface area contributed by atoms with E-state index in [4.69, 9.17) is 16.7 Å². The van der Waals surface area contributed by atoms with Crippen LogP contribution in [0, 0.1) is 11.8 Å². The van der Waals surface area contributed by atoms with Crippen LogP contribution in [0.3, 0.4) is 0 Å². The summed E-state index contributed by atoms with van der Waals surface area (Å²) in [7, 11) is 1.93. The molecule has 1 saturated heterocycles. The molecule has 0 N–H and O–H groups in total. The summed E-state index contributed by atoms with van der Waals surface area (Å²) in [6.45, 7) is 1.38. The summed E-state index contributed by atoms with van der Waals surface area (Å²) in [6.07, 6.45) is 7.36. The van der Waals surface area contributed by atoms with E-state index in [0.717, 1.165) is 22.4 Å². The Morgan fingerprint density at radius 3 is 2.26 bits per heavy atom. The number of carbonyl (C=O) groups is 2. The van der Waals surface area contributed by atoms with Gasteiger partial charge in [-0.2, -0.15) is 5.10 Å². The Morgan fingerprint density at radius 1 is 0.941 bits per heavy atom. The Labute approximate surface area is 204 Å². The van der Waals surface area contributed by atoms with Crippen LogP contribution in [-0.2, 0) is 22.7 Å². The van der Waals surface area contributed by atoms with E-state index in [0.29, 0.717) is 31.0 Å². The molecule has 1 aliphatic heterocycles. The van der Waals surface area contributed by atoms with Crippen molar-refractivity contribution in [1.82, 2.24) is 19.6 Å². The highest BCUT2D eigenvalue weighted by atomic mass is 35.5. The maximum atomic E-state index is 12.9. The third kappa shape index (κ3) is 4.43. The number of aromatic nitrogens is 2. The number of benzene rings is 2. The van der Waals surface area contributed by atoms with Crippen LogP contribution >= 0.6 is 11.6 Å². The number of carbonyl (C=O) groups excluding carboxylic acids is 2. The largest absolute Gasteiger partial charge is 0.284 e. The first-order valence-electron chi connectivity index (χ1n) is 11.5. The molecular weight excluding hydrogens is 448 g/mol. The number of allylic oxidation sites excluding steroid dienone is 2. The first-order chi connectivity index (χ1) is 16.5. The summed E-state index contributed by atoms with van der Waals surface area (Å²) in [5, 5.41) is 5.57. The van der Waals surface area contributed by atoms with Crippen LogP contribution in [0.4, 0.5) is 0 Å². The van der Waals surface area contributed by atoms with Crippen LogP contribution in [0.1, 0.15) is 24.0 Å². The molecule has 6 nitrogen and oxygen atoms in total. The number of nitrogens with zero attached hydrogens (tertiary/aromatic N) is 4. The van der Waals surface area contributed by atoms with Gasteiger partial charge in [0.2, 0.25) is 11.8 Å². The Balaban J connectivity index is 1.37. The molecule has 1 fully saturated rings. The van der Waals surface area contributed by atoms with Crippen LogP contribution in [0.2, 0.25) is 5.02 Å². The predicted octanol–water partition coefficient (Wildman–Crippen LogP) is 4.59. The van der Waals surface area contributed by atoms with Crippen molar-refractivity contribution in [2.75, 3.05) is 13.7 Å². The molecule has 3 aromatic rings. The van der Waals surface area contributed by atoms with Gasteiger partial charge in [0.25, 0.3) is 0 Å². The van der Waals surface area contributed by atoms with Crippen LogP contribution in [0.15, 0.2) is 72.9 Å². The summed E-state index contributed by atoms with van der Waals surface area (Å²) < 4.78 is 1.90. The Bertz CT molecular complexity index is 1210. The maximum Gasteiger partial charge on any atom is 0.234 e. The van der Waals surface area contributed by atoms with Crippen LogP contribution in [0.5, 0.6) is 0 Å². The number of likely N-dealkylation sites (tertiary alicyclic amines) is 1. The molecule has 2 heterocycles. The molecule has 7 heteroatoms. The molecule has 2 aromatic carbocycles. The molecule has 2 atom stereocenters. The minimum Gasteiger partial charge on any atom is -0.284 e. The van der Waals surface area contributed by atoms with Crippen molar-refractivity contribution in [3.8, 4) is 11.3 Å². The molecule has 0 spiro atoms. The van der Waals surface area contributed by atoms with Crippen molar-refractivity contribution >= 4 is 23.4 Å². The standard InChI is InChI=1S/C27H27ClN4O2/c1-30(18-32-26(33)22-12-6-7-13-23(22)27(32)34)15-21-17-31(16-20-11-5-8-14-24(20)28)29-25(21)19-9-3-2-4-10-19/h2-11,14,17,22-23H,12-13,15-16,18H2,1H3. The van der Waals surface area contributed by atoms with E-state index in [2.05, 4.69) is 0 Å². The normalized spacial score (nSPS) is 19.8. The maximum absolute atomic E-state index is 12.9. The van der Waals surface area contributed by atoms with Crippen molar-refractivity contribution in [2.45, 2.75) is 25.9 Å². The van der Waals surface area contributed by atoms with Gasteiger partial charge in [0.05, 0.1) is 30.7 Å². The number of rotatable bonds is 7. The van der Waals surface area contributed by atoms with Crippen molar-refractivity contribution in [3.63, 3.8) is 0 Å². The first kappa shape index (κ1) is 22.6. The van der Waals surface area contributed by atoms with Gasteiger partial charge in [0.1, 0.15) is 0 Å². The van der Waals surface area contributed by atoms with Crippen molar-refractivity contribution < 1.29 is 9.59 Å². The fourth-order valence-electron chi connectivity index (χ4n) is 4.89. The summed E-state index contributed by atoms with van der Waals surface area (Å²) in [4.78, 5) is 29.2. The van der Waals surface area contributed by atoms with E-state index in [9.17, 15) is 9.59 Å². The van der Waals surface area contributed by atoms with Gasteiger partial charge in [-0.25, -0.2) is 0 Å². The summed E-state index contributed by atoms with van der Waals surface area (Å²) in [5.74, 6) is -0.513. The van der Waals surface area contributed by atoms with Gasteiger partial charge in [-0.15, -0.1) is 0 Å². The average Bonchev–Trinajstić information content (AvgIpc) is 3.35. The quantitative estimate of drug-likeness (QED) is 0.371. The SMILES string of the molecule is CN(Cc1cn(Cc2ccccc2Cl)nc1-c1ccccc1)CN1C(=O)C2CC=CCC2C1=O. The zero-order valence-corrected chi connectivity index (χ0v) is 19.9. The smallest absolute Gasteiger partial charge is 0.234 e. The fraction of sp³-hybridized carbons (Fsp3) is 0.296. The highest BCUT2D eigenvalue weighted by Gasteiger charge is 2.47. The minimum atomic E-state index is -0.204. The fourth-order valence-corrected chi connectivity index (χ4v) is 5.09. The van der Waals surface area contributed by atoms with Crippen molar-refractivity contribution in [2.24, 2.45) is 11.8 Å². The van der Waals surface area contributed by atoms with Gasteiger partial charge in [0, 0.05) is 28.9 Å². The summed E-state index contributed by atoms with van der Waals surface area (Å²) in [6, 6.07) is 17.8. The van der Waals surface area contributed by atoms with E-state index >= 15 is 0 Å². The molecule has 2 amide bonds. The number of hydrogen-bond donors (Lipinski definition) is 0. The van der Waals surface area contributed by atoms with E-state index in [-0.39, 0.29) is 30.3 Å². The molecule has 5 rings (SSSR count). The lowest BCUT2D eigenvalue weighted by Gasteiger charge is -2.23. The third-order valence-electron chi connectivity index (χ3n) is 6.60. The van der Waals surface area contributed by atoms with Gasteiger partial charge in [-0.1, -0.05) is 72.3 Å². The van der Waals surface area contributed by atoms with Gasteiger partial charge >= 0.3 is 0 Å². The zero-order valence-electron chi connectivity index (χ0n) is 19.1. The molecule has 2 aliphatic rings. The van der Waals surface area contributed by atoms with Crippen molar-refractivity contribution in [3.05, 3.63) is 89.1 Å². The van der Waals surface area contributed by atoms with E-state index < -0.39 is 0 Å². The van der Waals surface area contributed by atoms with E-state index in [1.165, 1.54) is 4.90 Å². The topological polar surface area (TPSA) is 58.4 Å². The average molecular weight is 475 g/mol. The second-order valence-electron chi connectivity index (χ2n) is 9.07. The Kier molecular flexibility index (Phi) is 6.35. The van der Waals surface area contributed by atoms with Crippen LogP contribution < -0.4 is 0 Å². The second-order valence-corrected chi connectivity index (χ2v) is 9.48. The molecule has 1 aliphatic carbocycles. The lowest BCUT2D eigenvalue weighted by Crippen LogP contribution is -2.40. The molecule has 1 aromatic heterocycles. The van der Waals surface area contributed by atoms with E-state index in [1.807, 2.05) is 89.6 Å². The van der Waals surface area contributed by atoms with Crippen LogP contribution in [-0.4, -0.2) is 45.1 Å². The van der Waals surface area contributed by atoms with Gasteiger partial charge in [-0.05, 0) is 31.5 Å². The van der Waals surface area contributed by atoms with E-state index in [1.54, 1.807) is 0 Å². The van der Waals surface area contributed by atoms with Crippen molar-refractivity contribution in [1.29, 1.82) is 0 Å². The summed E-state index contributed by atoms with van der Waals surface area (Å²) in [5.41, 5.74) is 3.93. The molecular formula is C27H27ClN4O2. The molecule has 0 bridgehead atoms. The predicted molar refractivity (Wildman–Crippen MR) is 132 cm³/mol. The monoisotopic (exact) mass is 474 g/mol. The molecule has 174 valence electrons. The van der Waals surface area contributed by atoms with Gasteiger partial charge in [0.15, 0.2) is 0 Å². The van der Waals surface area contributed by atoms with Gasteiger partial charge in [-0.3, -0.25) is 24.1 Å². The minimum absolute atomic E-state index is 0.0519. The number of imide groups is 1. The van der Waals surface area contributed by atoms with Gasteiger partial charge < -0.3 is 0 Å². The Morgan fingerprint density at radius 2 is 1.59 bits per heavy atom. The first-order valence-corrected chi connectivity index (χ1v) is 11.9. The highest BCUT2D eigenvalue weighted by molar-refractivity contribution is 6.31. The summed E-state index contributed by atoms with van der Waals surface area (Å²) >= 11 is 6.37. The number of halogens is 1.